The number of carboxylic acids is 1. The van der Waals surface area contributed by atoms with E-state index < -0.39 is 5.97 Å². The molecule has 2 aliphatic rings. The van der Waals surface area contributed by atoms with Crippen LogP contribution in [-0.4, -0.2) is 25.3 Å². The third kappa shape index (κ3) is 2.65. The first-order valence-corrected chi connectivity index (χ1v) is 10.1. The van der Waals surface area contributed by atoms with Gasteiger partial charge in [0, 0.05) is 11.5 Å². The average Bonchev–Trinajstić information content (AvgIpc) is 3.17. The summed E-state index contributed by atoms with van der Waals surface area (Å²) < 4.78 is 11.3. The number of nitrogens with one attached hydrogen (secondary N) is 1. The SMILES string of the molecule is COc1cccc([C@H]2Nc3c(C(=O)O)cccc3[C@H]3c4ccccc4C[C@@H]32)c1OC. The van der Waals surface area contributed by atoms with Crippen molar-refractivity contribution in [1.29, 1.82) is 0 Å². The van der Waals surface area contributed by atoms with Gasteiger partial charge in [0.25, 0.3) is 0 Å². The Kier molecular flexibility index (Phi) is 4.39. The molecule has 0 fully saturated rings. The van der Waals surface area contributed by atoms with E-state index in [4.69, 9.17) is 9.47 Å². The van der Waals surface area contributed by atoms with Crippen LogP contribution < -0.4 is 14.8 Å². The molecule has 3 atom stereocenters. The summed E-state index contributed by atoms with van der Waals surface area (Å²) in [4.78, 5) is 12.0. The Hall–Kier alpha value is -3.47. The Bertz CT molecular complexity index is 1140. The molecular formula is C25H23NO4. The van der Waals surface area contributed by atoms with Crippen LogP contribution in [0.25, 0.3) is 0 Å². The predicted molar refractivity (Wildman–Crippen MR) is 115 cm³/mol. The molecule has 3 aromatic carbocycles. The fourth-order valence-corrected chi connectivity index (χ4v) is 5.23. The lowest BCUT2D eigenvalue weighted by molar-refractivity contribution is 0.0697. The molecule has 1 heterocycles. The van der Waals surface area contributed by atoms with Crippen LogP contribution in [0.15, 0.2) is 60.7 Å². The van der Waals surface area contributed by atoms with Crippen molar-refractivity contribution < 1.29 is 19.4 Å². The fourth-order valence-electron chi connectivity index (χ4n) is 5.23. The zero-order valence-electron chi connectivity index (χ0n) is 16.9. The molecule has 0 aromatic heterocycles. The van der Waals surface area contributed by atoms with E-state index in [1.165, 1.54) is 11.1 Å². The minimum atomic E-state index is -0.930. The second kappa shape index (κ2) is 7.10. The van der Waals surface area contributed by atoms with E-state index >= 15 is 0 Å². The van der Waals surface area contributed by atoms with Gasteiger partial charge in [-0.2, -0.15) is 0 Å². The van der Waals surface area contributed by atoms with E-state index in [-0.39, 0.29) is 17.9 Å². The summed E-state index contributed by atoms with van der Waals surface area (Å²) in [6, 6.07) is 19.8. The monoisotopic (exact) mass is 401 g/mol. The number of carboxylic acid groups (broad SMARTS) is 1. The summed E-state index contributed by atoms with van der Waals surface area (Å²) in [5, 5.41) is 13.4. The molecule has 3 aromatic rings. The van der Waals surface area contributed by atoms with Crippen LogP contribution in [0.2, 0.25) is 0 Å². The smallest absolute Gasteiger partial charge is 0.337 e. The first-order chi connectivity index (χ1) is 14.6. The van der Waals surface area contributed by atoms with Gasteiger partial charge in [-0.25, -0.2) is 4.79 Å². The van der Waals surface area contributed by atoms with Gasteiger partial charge >= 0.3 is 5.97 Å². The van der Waals surface area contributed by atoms with Gasteiger partial charge in [0.05, 0.1) is 31.5 Å². The molecule has 0 bridgehead atoms. The molecule has 1 aliphatic carbocycles. The van der Waals surface area contributed by atoms with Gasteiger partial charge in [0.15, 0.2) is 11.5 Å². The average molecular weight is 401 g/mol. The number of anilines is 1. The van der Waals surface area contributed by atoms with Crippen LogP contribution in [0.3, 0.4) is 0 Å². The molecule has 0 radical (unpaired) electrons. The summed E-state index contributed by atoms with van der Waals surface area (Å²) in [6.07, 6.45) is 0.912. The highest BCUT2D eigenvalue weighted by molar-refractivity contribution is 5.96. The molecule has 30 heavy (non-hydrogen) atoms. The number of fused-ring (bicyclic) bond motifs is 5. The Morgan fingerprint density at radius 2 is 1.67 bits per heavy atom. The second-order valence-corrected chi connectivity index (χ2v) is 7.82. The van der Waals surface area contributed by atoms with E-state index in [1.54, 1.807) is 20.3 Å². The number of benzene rings is 3. The van der Waals surface area contributed by atoms with Crippen LogP contribution in [0.5, 0.6) is 11.5 Å². The van der Waals surface area contributed by atoms with Gasteiger partial charge < -0.3 is 19.9 Å². The van der Waals surface area contributed by atoms with Crippen molar-refractivity contribution in [3.05, 3.63) is 88.5 Å². The molecule has 1 aliphatic heterocycles. The Balaban J connectivity index is 1.74. The number of hydrogen-bond acceptors (Lipinski definition) is 4. The maximum Gasteiger partial charge on any atom is 0.337 e. The number of hydrogen-bond donors (Lipinski definition) is 2. The van der Waals surface area contributed by atoms with Gasteiger partial charge in [-0.05, 0) is 41.2 Å². The van der Waals surface area contributed by atoms with Crippen molar-refractivity contribution in [3.8, 4) is 11.5 Å². The number of ether oxygens (including phenoxy) is 2. The number of rotatable bonds is 4. The third-order valence-electron chi connectivity index (χ3n) is 6.43. The minimum Gasteiger partial charge on any atom is -0.493 e. The molecular weight excluding hydrogens is 378 g/mol. The lowest BCUT2D eigenvalue weighted by atomic mass is 9.74. The van der Waals surface area contributed by atoms with E-state index in [0.29, 0.717) is 22.7 Å². The highest BCUT2D eigenvalue weighted by Crippen LogP contribution is 2.56. The maximum atomic E-state index is 12.0. The summed E-state index contributed by atoms with van der Waals surface area (Å²) in [5.74, 6) is 0.780. The minimum absolute atomic E-state index is 0.111. The van der Waals surface area contributed by atoms with Crippen LogP contribution in [0.1, 0.15) is 44.6 Å². The van der Waals surface area contributed by atoms with Crippen molar-refractivity contribution in [3.63, 3.8) is 0 Å². The predicted octanol–water partition coefficient (Wildman–Crippen LogP) is 4.87. The molecule has 0 saturated heterocycles. The Morgan fingerprint density at radius 3 is 2.43 bits per heavy atom. The van der Waals surface area contributed by atoms with E-state index in [1.807, 2.05) is 30.3 Å². The van der Waals surface area contributed by atoms with Crippen molar-refractivity contribution in [1.82, 2.24) is 0 Å². The molecule has 5 nitrogen and oxygen atoms in total. The van der Waals surface area contributed by atoms with E-state index in [2.05, 4.69) is 29.6 Å². The molecule has 0 spiro atoms. The van der Waals surface area contributed by atoms with Gasteiger partial charge in [-0.15, -0.1) is 0 Å². The van der Waals surface area contributed by atoms with Crippen molar-refractivity contribution in [2.24, 2.45) is 5.92 Å². The first-order valence-electron chi connectivity index (χ1n) is 10.1. The van der Waals surface area contributed by atoms with Gasteiger partial charge in [-0.3, -0.25) is 0 Å². The van der Waals surface area contributed by atoms with Crippen molar-refractivity contribution >= 4 is 11.7 Å². The lowest BCUT2D eigenvalue weighted by Gasteiger charge is -2.39. The third-order valence-corrected chi connectivity index (χ3v) is 6.43. The second-order valence-electron chi connectivity index (χ2n) is 7.82. The molecule has 0 saturated carbocycles. The van der Waals surface area contributed by atoms with E-state index in [0.717, 1.165) is 17.5 Å². The maximum absolute atomic E-state index is 12.0. The molecule has 152 valence electrons. The summed E-state index contributed by atoms with van der Waals surface area (Å²) in [7, 11) is 3.27. The number of carbonyl (C=O) groups is 1. The van der Waals surface area contributed by atoms with E-state index in [9.17, 15) is 9.90 Å². The van der Waals surface area contributed by atoms with Crippen molar-refractivity contribution in [2.75, 3.05) is 19.5 Å². The standard InChI is InChI=1S/C25H23NO4/c1-29-20-12-6-10-17(24(20)30-2)23-19-13-14-7-3-4-8-15(14)21(19)16-9-5-11-18(25(27)28)22(16)26-23/h3-12,19,21,23,26H,13H2,1-2H3,(H,27,28)/t19-,21+,23+/m0/s1. The Labute approximate surface area is 175 Å². The van der Waals surface area contributed by atoms with Crippen LogP contribution in [-0.2, 0) is 6.42 Å². The topological polar surface area (TPSA) is 67.8 Å². The highest BCUT2D eigenvalue weighted by Gasteiger charge is 2.45. The number of aromatic carboxylic acids is 1. The Morgan fingerprint density at radius 1 is 0.933 bits per heavy atom. The largest absolute Gasteiger partial charge is 0.493 e. The zero-order valence-corrected chi connectivity index (χ0v) is 16.9. The quantitative estimate of drug-likeness (QED) is 0.653. The number of para-hydroxylation sites is 2. The van der Waals surface area contributed by atoms with Crippen LogP contribution in [0, 0.1) is 5.92 Å². The zero-order chi connectivity index (χ0) is 20.8. The highest BCUT2D eigenvalue weighted by atomic mass is 16.5. The molecule has 0 amide bonds. The molecule has 5 rings (SSSR count). The van der Waals surface area contributed by atoms with Crippen LogP contribution >= 0.6 is 0 Å². The first kappa shape index (κ1) is 18.6. The van der Waals surface area contributed by atoms with Crippen LogP contribution in [0.4, 0.5) is 5.69 Å². The van der Waals surface area contributed by atoms with Gasteiger partial charge in [-0.1, -0.05) is 48.5 Å². The lowest BCUT2D eigenvalue weighted by Crippen LogP contribution is -2.31. The molecule has 0 unspecified atom stereocenters. The molecule has 5 heteroatoms. The fraction of sp³-hybridized carbons (Fsp3) is 0.240. The normalized spacial score (nSPS) is 21.1. The summed E-state index contributed by atoms with van der Waals surface area (Å²) >= 11 is 0. The van der Waals surface area contributed by atoms with Gasteiger partial charge in [0.2, 0.25) is 0 Å². The number of methoxy groups -OCH3 is 2. The summed E-state index contributed by atoms with van der Waals surface area (Å²) in [6.45, 7) is 0. The molecule has 2 N–H and O–H groups in total. The van der Waals surface area contributed by atoms with Gasteiger partial charge in [0.1, 0.15) is 0 Å². The van der Waals surface area contributed by atoms with Crippen molar-refractivity contribution in [2.45, 2.75) is 18.4 Å². The summed E-state index contributed by atoms with van der Waals surface area (Å²) in [5.41, 5.74) is 5.60.